The molecule has 2 heteroatoms. The molecule has 0 aliphatic rings. The minimum absolute atomic E-state index is 0.354. The van der Waals surface area contributed by atoms with Crippen molar-refractivity contribution in [3.05, 3.63) is 0 Å². The largest absolute Gasteiger partial charge is 0.251 e. The highest BCUT2D eigenvalue weighted by Gasteiger charge is 2.27. The summed E-state index contributed by atoms with van der Waals surface area (Å²) < 4.78 is 0. The normalized spacial score (nSPS) is 18.0. The van der Waals surface area contributed by atoms with Crippen molar-refractivity contribution < 1.29 is 10.1 Å². The Balaban J connectivity index is 3.92. The van der Waals surface area contributed by atoms with Gasteiger partial charge in [-0.2, -0.15) is 0 Å². The second kappa shape index (κ2) is 3.18. The van der Waals surface area contributed by atoms with E-state index in [0.29, 0.717) is 5.92 Å². The van der Waals surface area contributed by atoms with E-state index in [1.165, 1.54) is 0 Å². The van der Waals surface area contributed by atoms with Crippen LogP contribution in [-0.4, -0.2) is 10.9 Å². The second-order valence-electron chi connectivity index (χ2n) is 2.91. The fourth-order valence-electron chi connectivity index (χ4n) is 0.578. The van der Waals surface area contributed by atoms with Gasteiger partial charge in [-0.25, -0.2) is 4.89 Å². The molecule has 2 nitrogen and oxygen atoms in total. The first-order chi connectivity index (χ1) is 4.06. The second-order valence-corrected chi connectivity index (χ2v) is 2.91. The Morgan fingerprint density at radius 3 is 2.00 bits per heavy atom. The lowest BCUT2D eigenvalue weighted by Gasteiger charge is -2.28. The van der Waals surface area contributed by atoms with Gasteiger partial charge in [0, 0.05) is 0 Å². The molecule has 0 rings (SSSR count). The highest BCUT2D eigenvalue weighted by atomic mass is 17.1. The molecule has 56 valence electrons. The van der Waals surface area contributed by atoms with E-state index in [2.05, 4.69) is 4.89 Å². The number of rotatable bonds is 3. The van der Waals surface area contributed by atoms with Gasteiger partial charge in [0.1, 0.15) is 5.60 Å². The molecule has 0 aromatic heterocycles. The zero-order valence-corrected chi connectivity index (χ0v) is 6.64. The van der Waals surface area contributed by atoms with Crippen LogP contribution >= 0.6 is 0 Å². The molecule has 0 fully saturated rings. The summed E-state index contributed by atoms with van der Waals surface area (Å²) in [5.74, 6) is 0.354. The summed E-state index contributed by atoms with van der Waals surface area (Å²) in [6, 6.07) is 0. The fraction of sp³-hybridized carbons (Fsp3) is 1.00. The van der Waals surface area contributed by atoms with Gasteiger partial charge in [0.2, 0.25) is 0 Å². The third-order valence-corrected chi connectivity index (χ3v) is 2.13. The Kier molecular flexibility index (Phi) is 3.15. The van der Waals surface area contributed by atoms with Gasteiger partial charge in [0.05, 0.1) is 0 Å². The summed E-state index contributed by atoms with van der Waals surface area (Å²) in [7, 11) is 0. The van der Waals surface area contributed by atoms with Crippen LogP contribution in [0, 0.1) is 5.92 Å². The van der Waals surface area contributed by atoms with Gasteiger partial charge >= 0.3 is 0 Å². The van der Waals surface area contributed by atoms with Crippen LogP contribution in [0.2, 0.25) is 0 Å². The first-order valence-electron chi connectivity index (χ1n) is 3.39. The van der Waals surface area contributed by atoms with Gasteiger partial charge in [-0.3, -0.25) is 5.26 Å². The summed E-state index contributed by atoms with van der Waals surface area (Å²) in [4.78, 5) is 4.35. The van der Waals surface area contributed by atoms with Gasteiger partial charge < -0.3 is 0 Å². The summed E-state index contributed by atoms with van der Waals surface area (Å²) in [5, 5.41) is 8.46. The molecule has 0 heterocycles. The van der Waals surface area contributed by atoms with Crippen molar-refractivity contribution in [3.8, 4) is 0 Å². The molecule has 0 amide bonds. The van der Waals surface area contributed by atoms with Gasteiger partial charge in [0.15, 0.2) is 0 Å². The standard InChI is InChI=1S/C7H16O2/c1-5-7(4,9-8)6(2)3/h6,8H,5H2,1-4H3. The van der Waals surface area contributed by atoms with Crippen LogP contribution in [-0.2, 0) is 4.89 Å². The van der Waals surface area contributed by atoms with Gasteiger partial charge in [-0.15, -0.1) is 0 Å². The SMILES string of the molecule is CCC(C)(OO)C(C)C. The van der Waals surface area contributed by atoms with Crippen LogP contribution in [0.25, 0.3) is 0 Å². The van der Waals surface area contributed by atoms with Gasteiger partial charge in [-0.1, -0.05) is 20.8 Å². The Labute approximate surface area is 56.8 Å². The molecule has 0 aliphatic carbocycles. The van der Waals surface area contributed by atoms with Crippen molar-refractivity contribution in [2.24, 2.45) is 5.92 Å². The molecule has 1 atom stereocenters. The van der Waals surface area contributed by atoms with Crippen LogP contribution in [0.1, 0.15) is 34.1 Å². The van der Waals surface area contributed by atoms with E-state index in [-0.39, 0.29) is 5.60 Å². The smallest absolute Gasteiger partial charge is 0.102 e. The average molecular weight is 132 g/mol. The highest BCUT2D eigenvalue weighted by Crippen LogP contribution is 2.23. The molecule has 1 unspecified atom stereocenters. The molecular formula is C7H16O2. The molecule has 0 radical (unpaired) electrons. The molecular weight excluding hydrogens is 116 g/mol. The average Bonchev–Trinajstić information content (AvgIpc) is 1.86. The molecule has 0 bridgehead atoms. The van der Waals surface area contributed by atoms with Crippen molar-refractivity contribution in [2.45, 2.75) is 39.7 Å². The molecule has 0 aromatic rings. The van der Waals surface area contributed by atoms with E-state index in [4.69, 9.17) is 5.26 Å². The van der Waals surface area contributed by atoms with Crippen LogP contribution in [0.3, 0.4) is 0 Å². The maximum absolute atomic E-state index is 8.46. The Morgan fingerprint density at radius 1 is 1.56 bits per heavy atom. The third kappa shape index (κ3) is 1.95. The topological polar surface area (TPSA) is 29.5 Å². The highest BCUT2D eigenvalue weighted by molar-refractivity contribution is 4.74. The Bertz CT molecular complexity index is 75.0. The summed E-state index contributed by atoms with van der Waals surface area (Å²) in [6.45, 7) is 7.95. The lowest BCUT2D eigenvalue weighted by molar-refractivity contribution is -0.330. The van der Waals surface area contributed by atoms with Gasteiger partial charge in [0.25, 0.3) is 0 Å². The van der Waals surface area contributed by atoms with Crippen molar-refractivity contribution in [1.82, 2.24) is 0 Å². The first kappa shape index (κ1) is 8.92. The zero-order chi connectivity index (χ0) is 7.49. The first-order valence-corrected chi connectivity index (χ1v) is 3.39. The minimum Gasteiger partial charge on any atom is -0.251 e. The molecule has 0 saturated carbocycles. The van der Waals surface area contributed by atoms with E-state index >= 15 is 0 Å². The van der Waals surface area contributed by atoms with Crippen LogP contribution < -0.4 is 0 Å². The van der Waals surface area contributed by atoms with Crippen molar-refractivity contribution in [3.63, 3.8) is 0 Å². The third-order valence-electron chi connectivity index (χ3n) is 2.13. The monoisotopic (exact) mass is 132 g/mol. The Morgan fingerprint density at radius 2 is 2.00 bits per heavy atom. The van der Waals surface area contributed by atoms with Crippen LogP contribution in [0.5, 0.6) is 0 Å². The lowest BCUT2D eigenvalue weighted by atomic mass is 9.90. The molecule has 1 N–H and O–H groups in total. The molecule has 0 saturated heterocycles. The van der Waals surface area contributed by atoms with E-state index in [1.807, 2.05) is 27.7 Å². The lowest BCUT2D eigenvalue weighted by Crippen LogP contribution is -2.32. The summed E-state index contributed by atoms with van der Waals surface area (Å²) in [5.41, 5.74) is -0.361. The summed E-state index contributed by atoms with van der Waals surface area (Å²) in [6.07, 6.45) is 0.834. The minimum atomic E-state index is -0.361. The predicted octanol–water partition coefficient (Wildman–Crippen LogP) is 2.30. The maximum Gasteiger partial charge on any atom is 0.102 e. The molecule has 0 aliphatic heterocycles. The quantitative estimate of drug-likeness (QED) is 0.471. The maximum atomic E-state index is 8.46. The van der Waals surface area contributed by atoms with E-state index in [9.17, 15) is 0 Å². The van der Waals surface area contributed by atoms with Crippen LogP contribution in [0.4, 0.5) is 0 Å². The van der Waals surface area contributed by atoms with Gasteiger partial charge in [-0.05, 0) is 19.3 Å². The fourth-order valence-corrected chi connectivity index (χ4v) is 0.578. The van der Waals surface area contributed by atoms with Crippen LogP contribution in [0.15, 0.2) is 0 Å². The molecule has 9 heavy (non-hydrogen) atoms. The van der Waals surface area contributed by atoms with Crippen molar-refractivity contribution in [2.75, 3.05) is 0 Å². The number of hydrogen-bond acceptors (Lipinski definition) is 2. The predicted molar refractivity (Wildman–Crippen MR) is 37.2 cm³/mol. The molecule has 0 spiro atoms. The Hall–Kier alpha value is -0.0800. The number of hydrogen-bond donors (Lipinski definition) is 1. The molecule has 0 aromatic carbocycles. The van der Waals surface area contributed by atoms with Crippen molar-refractivity contribution in [1.29, 1.82) is 0 Å². The van der Waals surface area contributed by atoms with E-state index in [1.54, 1.807) is 0 Å². The zero-order valence-electron chi connectivity index (χ0n) is 6.64. The van der Waals surface area contributed by atoms with E-state index < -0.39 is 0 Å². The summed E-state index contributed by atoms with van der Waals surface area (Å²) >= 11 is 0. The van der Waals surface area contributed by atoms with E-state index in [0.717, 1.165) is 6.42 Å². The van der Waals surface area contributed by atoms with Crippen molar-refractivity contribution >= 4 is 0 Å².